The van der Waals surface area contributed by atoms with Crippen LogP contribution < -0.4 is 4.74 Å². The van der Waals surface area contributed by atoms with Gasteiger partial charge in [-0.25, -0.2) is 4.39 Å². The van der Waals surface area contributed by atoms with E-state index >= 15 is 0 Å². The van der Waals surface area contributed by atoms with Gasteiger partial charge in [0, 0.05) is 11.5 Å². The van der Waals surface area contributed by atoms with Gasteiger partial charge < -0.3 is 4.74 Å². The van der Waals surface area contributed by atoms with Crippen molar-refractivity contribution in [2.75, 3.05) is 6.61 Å². The van der Waals surface area contributed by atoms with Crippen LogP contribution in [0.15, 0.2) is 18.2 Å². The monoisotopic (exact) mass is 180 g/mol. The van der Waals surface area contributed by atoms with Crippen molar-refractivity contribution in [3.05, 3.63) is 29.3 Å². The van der Waals surface area contributed by atoms with E-state index in [1.54, 1.807) is 0 Å². The first-order valence-electron chi connectivity index (χ1n) is 4.56. The molecule has 1 nitrogen and oxygen atoms in total. The molecule has 2 rings (SSSR count). The van der Waals surface area contributed by atoms with Gasteiger partial charge in [0.25, 0.3) is 0 Å². The third kappa shape index (κ3) is 1.41. The molecule has 0 N–H and O–H groups in total. The average Bonchev–Trinajstić information content (AvgIpc) is 2.12. The SMILES string of the molecule is Cc1ccc2c(c1)OCC(C)C2F. The molecule has 0 saturated heterocycles. The fraction of sp³-hybridized carbons (Fsp3) is 0.455. The van der Waals surface area contributed by atoms with Crippen LogP contribution in [-0.2, 0) is 0 Å². The Morgan fingerprint density at radius 3 is 3.00 bits per heavy atom. The largest absolute Gasteiger partial charge is 0.493 e. The number of fused-ring (bicyclic) bond motifs is 1. The third-order valence-corrected chi connectivity index (χ3v) is 2.47. The Hall–Kier alpha value is -1.05. The summed E-state index contributed by atoms with van der Waals surface area (Å²) in [5, 5.41) is 0. The van der Waals surface area contributed by atoms with Gasteiger partial charge in [0.2, 0.25) is 0 Å². The van der Waals surface area contributed by atoms with E-state index in [9.17, 15) is 4.39 Å². The lowest BCUT2D eigenvalue weighted by Crippen LogP contribution is -2.20. The van der Waals surface area contributed by atoms with Crippen molar-refractivity contribution in [1.29, 1.82) is 0 Å². The summed E-state index contributed by atoms with van der Waals surface area (Å²) < 4.78 is 19.1. The molecule has 0 aromatic heterocycles. The van der Waals surface area contributed by atoms with Crippen molar-refractivity contribution in [3.63, 3.8) is 0 Å². The van der Waals surface area contributed by atoms with Gasteiger partial charge in [-0.2, -0.15) is 0 Å². The molecular weight excluding hydrogens is 167 g/mol. The highest BCUT2D eigenvalue weighted by Crippen LogP contribution is 2.37. The Balaban J connectivity index is 2.44. The maximum absolute atomic E-state index is 13.6. The van der Waals surface area contributed by atoms with Crippen LogP contribution in [0, 0.1) is 12.8 Å². The lowest BCUT2D eigenvalue weighted by Gasteiger charge is -2.26. The van der Waals surface area contributed by atoms with E-state index in [2.05, 4.69) is 0 Å². The first-order chi connectivity index (χ1) is 6.18. The molecule has 1 aliphatic heterocycles. The molecule has 0 spiro atoms. The Morgan fingerprint density at radius 2 is 2.23 bits per heavy atom. The van der Waals surface area contributed by atoms with Gasteiger partial charge in [0.15, 0.2) is 0 Å². The highest BCUT2D eigenvalue weighted by molar-refractivity contribution is 5.40. The van der Waals surface area contributed by atoms with Gasteiger partial charge in [-0.3, -0.25) is 0 Å². The summed E-state index contributed by atoms with van der Waals surface area (Å²) in [7, 11) is 0. The number of alkyl halides is 1. The van der Waals surface area contributed by atoms with Crippen LogP contribution in [-0.4, -0.2) is 6.61 Å². The predicted octanol–water partition coefficient (Wildman–Crippen LogP) is 3.03. The number of rotatable bonds is 0. The van der Waals surface area contributed by atoms with Crippen molar-refractivity contribution in [3.8, 4) is 5.75 Å². The molecule has 0 saturated carbocycles. The molecule has 13 heavy (non-hydrogen) atoms. The summed E-state index contributed by atoms with van der Waals surface area (Å²) in [5.74, 6) is 0.681. The van der Waals surface area contributed by atoms with Crippen molar-refractivity contribution in [2.24, 2.45) is 5.92 Å². The molecule has 2 unspecified atom stereocenters. The Morgan fingerprint density at radius 1 is 1.46 bits per heavy atom. The van der Waals surface area contributed by atoms with Crippen LogP contribution in [0.3, 0.4) is 0 Å². The summed E-state index contributed by atoms with van der Waals surface area (Å²) >= 11 is 0. The molecule has 0 aliphatic carbocycles. The molecule has 0 amide bonds. The molecule has 2 heteroatoms. The number of hydrogen-bond acceptors (Lipinski definition) is 1. The van der Waals surface area contributed by atoms with Gasteiger partial charge in [-0.15, -0.1) is 0 Å². The van der Waals surface area contributed by atoms with Crippen molar-refractivity contribution < 1.29 is 9.13 Å². The van der Waals surface area contributed by atoms with Crippen molar-refractivity contribution in [1.82, 2.24) is 0 Å². The zero-order valence-electron chi connectivity index (χ0n) is 7.88. The minimum Gasteiger partial charge on any atom is -0.493 e. The van der Waals surface area contributed by atoms with Crippen LogP contribution in [0.4, 0.5) is 4.39 Å². The number of halogens is 1. The van der Waals surface area contributed by atoms with Gasteiger partial charge in [0.05, 0.1) is 6.61 Å². The predicted molar refractivity (Wildman–Crippen MR) is 49.7 cm³/mol. The Labute approximate surface area is 77.5 Å². The second-order valence-electron chi connectivity index (χ2n) is 3.73. The quantitative estimate of drug-likeness (QED) is 0.596. The van der Waals surface area contributed by atoms with E-state index < -0.39 is 6.17 Å². The smallest absolute Gasteiger partial charge is 0.134 e. The van der Waals surface area contributed by atoms with Crippen molar-refractivity contribution >= 4 is 0 Å². The summed E-state index contributed by atoms with van der Waals surface area (Å²) in [4.78, 5) is 0. The lowest BCUT2D eigenvalue weighted by atomic mass is 9.95. The van der Waals surface area contributed by atoms with Crippen LogP contribution in [0.2, 0.25) is 0 Å². The lowest BCUT2D eigenvalue weighted by molar-refractivity contribution is 0.133. The summed E-state index contributed by atoms with van der Waals surface area (Å²) in [6.45, 7) is 4.33. The molecule has 1 aliphatic rings. The van der Waals surface area contributed by atoms with Gasteiger partial charge in [-0.05, 0) is 18.6 Å². The molecule has 1 heterocycles. The second kappa shape index (κ2) is 3.02. The molecule has 1 aromatic rings. The molecule has 0 bridgehead atoms. The normalized spacial score (nSPS) is 26.4. The van der Waals surface area contributed by atoms with E-state index in [4.69, 9.17) is 4.74 Å². The van der Waals surface area contributed by atoms with Gasteiger partial charge >= 0.3 is 0 Å². The first-order valence-corrected chi connectivity index (χ1v) is 4.56. The highest BCUT2D eigenvalue weighted by atomic mass is 19.1. The highest BCUT2D eigenvalue weighted by Gasteiger charge is 2.27. The Kier molecular flexibility index (Phi) is 1.98. The first kappa shape index (κ1) is 8.54. The van der Waals surface area contributed by atoms with Gasteiger partial charge in [0.1, 0.15) is 11.9 Å². The zero-order valence-corrected chi connectivity index (χ0v) is 7.88. The summed E-state index contributed by atoms with van der Waals surface area (Å²) in [5.41, 5.74) is 1.81. The van der Waals surface area contributed by atoms with Crippen LogP contribution >= 0.6 is 0 Å². The fourth-order valence-electron chi connectivity index (χ4n) is 1.61. The minimum absolute atomic E-state index is 0.0322. The Bertz CT molecular complexity index is 322. The molecule has 70 valence electrons. The molecule has 1 aromatic carbocycles. The van der Waals surface area contributed by atoms with Crippen LogP contribution in [0.25, 0.3) is 0 Å². The van der Waals surface area contributed by atoms with E-state index in [0.29, 0.717) is 17.9 Å². The van der Waals surface area contributed by atoms with E-state index in [1.165, 1.54) is 0 Å². The minimum atomic E-state index is -0.871. The maximum Gasteiger partial charge on any atom is 0.134 e. The number of aryl methyl sites for hydroxylation is 1. The number of benzene rings is 1. The van der Waals surface area contributed by atoms with Crippen LogP contribution in [0.5, 0.6) is 5.75 Å². The molecular formula is C11H13FO. The summed E-state index contributed by atoms with van der Waals surface area (Å²) in [6.07, 6.45) is -0.871. The number of ether oxygens (including phenoxy) is 1. The molecule has 2 atom stereocenters. The van der Waals surface area contributed by atoms with E-state index in [1.807, 2.05) is 32.0 Å². The second-order valence-corrected chi connectivity index (χ2v) is 3.73. The summed E-state index contributed by atoms with van der Waals surface area (Å²) in [6, 6.07) is 5.64. The van der Waals surface area contributed by atoms with E-state index in [-0.39, 0.29) is 5.92 Å². The van der Waals surface area contributed by atoms with Gasteiger partial charge in [-0.1, -0.05) is 19.1 Å². The van der Waals surface area contributed by atoms with Crippen LogP contribution in [0.1, 0.15) is 24.2 Å². The van der Waals surface area contributed by atoms with Crippen molar-refractivity contribution in [2.45, 2.75) is 20.0 Å². The molecule has 0 fully saturated rings. The molecule has 0 radical (unpaired) electrons. The standard InChI is InChI=1S/C11H13FO/c1-7-3-4-9-10(5-7)13-6-8(2)11(9)12/h3-5,8,11H,6H2,1-2H3. The number of hydrogen-bond donors (Lipinski definition) is 0. The average molecular weight is 180 g/mol. The fourth-order valence-corrected chi connectivity index (χ4v) is 1.61. The van der Waals surface area contributed by atoms with E-state index in [0.717, 1.165) is 5.56 Å². The third-order valence-electron chi connectivity index (χ3n) is 2.47. The zero-order chi connectivity index (χ0) is 9.42. The topological polar surface area (TPSA) is 9.23 Å². The maximum atomic E-state index is 13.6.